The molecule has 1 aromatic rings. The molecule has 1 aliphatic carbocycles. The molecule has 2 aliphatic heterocycles. The summed E-state index contributed by atoms with van der Waals surface area (Å²) in [4.78, 5) is 25.5. The van der Waals surface area contributed by atoms with Crippen molar-refractivity contribution in [1.82, 2.24) is 5.32 Å². The van der Waals surface area contributed by atoms with Gasteiger partial charge in [0.1, 0.15) is 0 Å². The predicted molar refractivity (Wildman–Crippen MR) is 86.0 cm³/mol. The van der Waals surface area contributed by atoms with Crippen LogP contribution < -0.4 is 10.2 Å². The van der Waals surface area contributed by atoms with Gasteiger partial charge >= 0.3 is 0 Å². The molecule has 2 N–H and O–H groups in total. The molecule has 122 valence electrons. The highest BCUT2D eigenvalue weighted by Crippen LogP contribution is 2.52. The quantitative estimate of drug-likeness (QED) is 0.828. The third-order valence-corrected chi connectivity index (χ3v) is 5.65. The second kappa shape index (κ2) is 5.34. The second-order valence-electron chi connectivity index (χ2n) is 7.41. The molecule has 5 nitrogen and oxygen atoms in total. The first-order chi connectivity index (χ1) is 11.1. The normalized spacial score (nSPS) is 26.7. The summed E-state index contributed by atoms with van der Waals surface area (Å²) in [7, 11) is 0. The molecule has 3 fully saturated rings. The van der Waals surface area contributed by atoms with Gasteiger partial charge in [-0.2, -0.15) is 0 Å². The Balaban J connectivity index is 1.38. The number of amides is 2. The van der Waals surface area contributed by atoms with E-state index in [1.54, 1.807) is 0 Å². The van der Waals surface area contributed by atoms with Crippen molar-refractivity contribution in [1.29, 1.82) is 0 Å². The molecule has 4 rings (SSSR count). The number of carbonyl (C=O) groups excluding carboxylic acids is 2. The largest absolute Gasteiger partial charge is 0.396 e. The van der Waals surface area contributed by atoms with E-state index in [1.807, 2.05) is 12.1 Å². The smallest absolute Gasteiger partial charge is 0.234 e. The van der Waals surface area contributed by atoms with Gasteiger partial charge in [0.2, 0.25) is 11.8 Å². The number of benzene rings is 1. The summed E-state index contributed by atoms with van der Waals surface area (Å²) in [5.41, 5.74) is 2.62. The van der Waals surface area contributed by atoms with E-state index in [2.05, 4.69) is 22.3 Å². The van der Waals surface area contributed by atoms with Gasteiger partial charge in [-0.1, -0.05) is 12.1 Å². The number of anilines is 1. The van der Waals surface area contributed by atoms with Crippen LogP contribution in [0.25, 0.3) is 0 Å². The Morgan fingerprint density at radius 2 is 1.87 bits per heavy atom. The number of aliphatic hydroxyl groups is 1. The zero-order chi connectivity index (χ0) is 16.0. The van der Waals surface area contributed by atoms with Gasteiger partial charge in [-0.15, -0.1) is 0 Å². The van der Waals surface area contributed by atoms with Crippen molar-refractivity contribution in [3.63, 3.8) is 0 Å². The molecule has 2 amide bonds. The minimum Gasteiger partial charge on any atom is -0.396 e. The highest BCUT2D eigenvalue weighted by Gasteiger charge is 2.51. The fourth-order valence-electron chi connectivity index (χ4n) is 4.43. The van der Waals surface area contributed by atoms with Crippen molar-refractivity contribution in [2.24, 2.45) is 11.3 Å². The molecule has 23 heavy (non-hydrogen) atoms. The third kappa shape index (κ3) is 2.53. The van der Waals surface area contributed by atoms with Gasteiger partial charge in [-0.25, -0.2) is 0 Å². The van der Waals surface area contributed by atoms with Gasteiger partial charge in [0.15, 0.2) is 0 Å². The summed E-state index contributed by atoms with van der Waals surface area (Å²) >= 11 is 0. The van der Waals surface area contributed by atoms with Gasteiger partial charge in [-0.05, 0) is 42.9 Å². The molecule has 2 heterocycles. The van der Waals surface area contributed by atoms with Crippen molar-refractivity contribution >= 4 is 17.5 Å². The molecule has 3 aliphatic rings. The summed E-state index contributed by atoms with van der Waals surface area (Å²) in [5.74, 6) is -0.0506. The molecule has 1 unspecified atom stereocenters. The number of imide groups is 1. The third-order valence-electron chi connectivity index (χ3n) is 5.65. The van der Waals surface area contributed by atoms with Crippen LogP contribution in [0.5, 0.6) is 0 Å². The van der Waals surface area contributed by atoms with E-state index in [-0.39, 0.29) is 17.7 Å². The molecule has 0 bridgehead atoms. The zero-order valence-corrected chi connectivity index (χ0v) is 13.1. The Labute approximate surface area is 135 Å². The van der Waals surface area contributed by atoms with Crippen molar-refractivity contribution in [2.75, 3.05) is 24.6 Å². The van der Waals surface area contributed by atoms with E-state index in [0.29, 0.717) is 30.8 Å². The average molecular weight is 314 g/mol. The summed E-state index contributed by atoms with van der Waals surface area (Å²) < 4.78 is 0. The van der Waals surface area contributed by atoms with Crippen molar-refractivity contribution < 1.29 is 14.7 Å². The second-order valence-corrected chi connectivity index (χ2v) is 7.41. The van der Waals surface area contributed by atoms with Gasteiger partial charge in [0.05, 0.1) is 5.92 Å². The standard InChI is InChI=1S/C18H22N2O3/c21-9-12-7-18(8-12)10-20(11-18)14-3-1-13(2-4-14)15-5-6-16(22)19-17(15)23/h1-4,12,15,21H,5-11H2,(H,19,22,23). The molecular weight excluding hydrogens is 292 g/mol. The maximum atomic E-state index is 11.9. The predicted octanol–water partition coefficient (Wildman–Crippen LogP) is 1.42. The number of carbonyl (C=O) groups is 2. The van der Waals surface area contributed by atoms with E-state index in [1.165, 1.54) is 5.69 Å². The van der Waals surface area contributed by atoms with E-state index >= 15 is 0 Å². The van der Waals surface area contributed by atoms with Gasteiger partial charge in [0.25, 0.3) is 0 Å². The first-order valence-corrected chi connectivity index (χ1v) is 8.38. The zero-order valence-electron chi connectivity index (χ0n) is 13.1. The Morgan fingerprint density at radius 3 is 2.48 bits per heavy atom. The summed E-state index contributed by atoms with van der Waals surface area (Å²) in [6.45, 7) is 2.46. The van der Waals surface area contributed by atoms with E-state index < -0.39 is 0 Å². The Hall–Kier alpha value is -1.88. The minimum atomic E-state index is -0.207. The SMILES string of the molecule is O=C1CCC(c2ccc(N3CC4(CC(CO)C4)C3)cc2)C(=O)N1. The number of hydrogen-bond donors (Lipinski definition) is 2. The number of nitrogens with zero attached hydrogens (tertiary/aromatic N) is 1. The van der Waals surface area contributed by atoms with Crippen LogP contribution in [0, 0.1) is 11.3 Å². The van der Waals surface area contributed by atoms with Crippen LogP contribution in [0.15, 0.2) is 24.3 Å². The molecule has 5 heteroatoms. The summed E-state index contributed by atoms with van der Waals surface area (Å²) in [5, 5.41) is 11.6. The fraction of sp³-hybridized carbons (Fsp3) is 0.556. The topological polar surface area (TPSA) is 69.6 Å². The fourth-order valence-corrected chi connectivity index (χ4v) is 4.43. The molecule has 1 atom stereocenters. The van der Waals surface area contributed by atoms with E-state index in [4.69, 9.17) is 5.11 Å². The number of hydrogen-bond acceptors (Lipinski definition) is 4. The van der Waals surface area contributed by atoms with Crippen LogP contribution in [-0.4, -0.2) is 36.6 Å². The van der Waals surface area contributed by atoms with Gasteiger partial charge < -0.3 is 10.0 Å². The van der Waals surface area contributed by atoms with Crippen LogP contribution in [0.2, 0.25) is 0 Å². The number of aliphatic hydroxyl groups excluding tert-OH is 1. The molecular formula is C18H22N2O3. The summed E-state index contributed by atoms with van der Waals surface area (Å²) in [6.07, 6.45) is 3.31. The lowest BCUT2D eigenvalue weighted by molar-refractivity contribution is -0.134. The lowest BCUT2D eigenvalue weighted by atomic mass is 9.58. The van der Waals surface area contributed by atoms with Crippen LogP contribution in [0.1, 0.15) is 37.2 Å². The van der Waals surface area contributed by atoms with Crippen molar-refractivity contribution in [3.05, 3.63) is 29.8 Å². The Kier molecular flexibility index (Phi) is 3.41. The van der Waals surface area contributed by atoms with Crippen LogP contribution in [-0.2, 0) is 9.59 Å². The lowest BCUT2D eigenvalue weighted by Crippen LogP contribution is -2.62. The Morgan fingerprint density at radius 1 is 1.17 bits per heavy atom. The monoisotopic (exact) mass is 314 g/mol. The Bertz CT molecular complexity index is 626. The maximum absolute atomic E-state index is 11.9. The molecule has 0 aromatic heterocycles. The molecule has 1 saturated carbocycles. The van der Waals surface area contributed by atoms with Crippen LogP contribution in [0.3, 0.4) is 0 Å². The number of nitrogens with one attached hydrogen (secondary N) is 1. The van der Waals surface area contributed by atoms with Gasteiger partial charge in [-0.3, -0.25) is 14.9 Å². The first-order valence-electron chi connectivity index (χ1n) is 8.38. The first kappa shape index (κ1) is 14.7. The van der Waals surface area contributed by atoms with E-state index in [9.17, 15) is 9.59 Å². The molecule has 2 saturated heterocycles. The molecule has 1 aromatic carbocycles. The van der Waals surface area contributed by atoms with Crippen molar-refractivity contribution in [2.45, 2.75) is 31.6 Å². The highest BCUT2D eigenvalue weighted by molar-refractivity contribution is 6.00. The minimum absolute atomic E-state index is 0.171. The van der Waals surface area contributed by atoms with Crippen LogP contribution >= 0.6 is 0 Å². The number of rotatable bonds is 3. The number of piperidine rings is 1. The molecule has 0 radical (unpaired) electrons. The maximum Gasteiger partial charge on any atom is 0.234 e. The lowest BCUT2D eigenvalue weighted by Gasteiger charge is -2.59. The average Bonchev–Trinajstić information content (AvgIpc) is 2.46. The molecule has 1 spiro atoms. The van der Waals surface area contributed by atoms with E-state index in [0.717, 1.165) is 31.5 Å². The summed E-state index contributed by atoms with van der Waals surface area (Å²) in [6, 6.07) is 8.18. The van der Waals surface area contributed by atoms with Gasteiger partial charge in [0, 0.05) is 37.2 Å². The van der Waals surface area contributed by atoms with Crippen molar-refractivity contribution in [3.8, 4) is 0 Å². The highest BCUT2D eigenvalue weighted by atomic mass is 16.3. The van der Waals surface area contributed by atoms with Crippen LogP contribution in [0.4, 0.5) is 5.69 Å².